The fourth-order valence-electron chi connectivity index (χ4n) is 2.94. The first-order valence-electron chi connectivity index (χ1n) is 7.11. The Hall–Kier alpha value is -1.15. The van der Waals surface area contributed by atoms with E-state index in [1.807, 2.05) is 0 Å². The number of carbonyl (C=O) groups excluding carboxylic acids is 1. The summed E-state index contributed by atoms with van der Waals surface area (Å²) in [7, 11) is 0. The maximum atomic E-state index is 12.6. The largest absolute Gasteiger partial charge is 0.317 e. The van der Waals surface area contributed by atoms with Crippen LogP contribution >= 0.6 is 0 Å². The summed E-state index contributed by atoms with van der Waals surface area (Å²) in [6.07, 6.45) is 4.51. The third-order valence-corrected chi connectivity index (χ3v) is 4.20. The maximum absolute atomic E-state index is 12.6. The maximum Gasteiger partial charge on any atom is 0.166 e. The van der Waals surface area contributed by atoms with Crippen molar-refractivity contribution in [2.24, 2.45) is 5.92 Å². The van der Waals surface area contributed by atoms with Crippen molar-refractivity contribution in [1.29, 1.82) is 0 Å². The minimum Gasteiger partial charge on any atom is -0.317 e. The third kappa shape index (κ3) is 2.35. The molecule has 0 atom stereocenters. The molecule has 0 unspecified atom stereocenters. The van der Waals surface area contributed by atoms with Gasteiger partial charge in [0.05, 0.1) is 0 Å². The SMILES string of the molecule is Cc1ccc(C(=O)C2CCNCC2)c(C2CC2)c1. The number of ketones is 1. The Morgan fingerprint density at radius 2 is 1.89 bits per heavy atom. The molecule has 0 aromatic heterocycles. The lowest BCUT2D eigenvalue weighted by molar-refractivity contribution is 0.0894. The molecule has 2 fully saturated rings. The second-order valence-electron chi connectivity index (χ2n) is 5.75. The monoisotopic (exact) mass is 243 g/mol. The van der Waals surface area contributed by atoms with Crippen molar-refractivity contribution in [3.63, 3.8) is 0 Å². The highest BCUT2D eigenvalue weighted by Crippen LogP contribution is 2.42. The van der Waals surface area contributed by atoms with Crippen LogP contribution in [-0.4, -0.2) is 18.9 Å². The molecule has 3 rings (SSSR count). The van der Waals surface area contributed by atoms with Crippen molar-refractivity contribution in [3.8, 4) is 0 Å². The Labute approximate surface area is 109 Å². The first kappa shape index (κ1) is 11.9. The molecule has 0 amide bonds. The molecule has 1 aromatic carbocycles. The highest BCUT2D eigenvalue weighted by atomic mass is 16.1. The van der Waals surface area contributed by atoms with Crippen molar-refractivity contribution >= 4 is 5.78 Å². The van der Waals surface area contributed by atoms with Crippen molar-refractivity contribution in [2.45, 2.75) is 38.5 Å². The average molecular weight is 243 g/mol. The number of nitrogens with one attached hydrogen (secondary N) is 1. The van der Waals surface area contributed by atoms with Gasteiger partial charge in [-0.05, 0) is 57.2 Å². The minimum atomic E-state index is 0.242. The van der Waals surface area contributed by atoms with Crippen LogP contribution in [0.1, 0.15) is 53.1 Å². The second kappa shape index (κ2) is 4.85. The van der Waals surface area contributed by atoms with Gasteiger partial charge in [0.1, 0.15) is 0 Å². The van der Waals surface area contributed by atoms with Gasteiger partial charge in [-0.3, -0.25) is 4.79 Å². The first-order chi connectivity index (χ1) is 8.75. The van der Waals surface area contributed by atoms with Crippen LogP contribution in [0.5, 0.6) is 0 Å². The Morgan fingerprint density at radius 3 is 2.56 bits per heavy atom. The molecule has 1 aliphatic heterocycles. The quantitative estimate of drug-likeness (QED) is 0.827. The zero-order valence-corrected chi connectivity index (χ0v) is 11.0. The van der Waals surface area contributed by atoms with E-state index in [0.29, 0.717) is 11.7 Å². The molecule has 1 aliphatic carbocycles. The van der Waals surface area contributed by atoms with E-state index in [0.717, 1.165) is 31.5 Å². The zero-order chi connectivity index (χ0) is 12.5. The molecule has 18 heavy (non-hydrogen) atoms. The van der Waals surface area contributed by atoms with Crippen LogP contribution in [0.2, 0.25) is 0 Å². The van der Waals surface area contributed by atoms with Crippen molar-refractivity contribution < 1.29 is 4.79 Å². The molecule has 1 aromatic rings. The van der Waals surface area contributed by atoms with Crippen LogP contribution in [0.3, 0.4) is 0 Å². The lowest BCUT2D eigenvalue weighted by Crippen LogP contribution is -2.32. The summed E-state index contributed by atoms with van der Waals surface area (Å²) < 4.78 is 0. The van der Waals surface area contributed by atoms with Crippen LogP contribution < -0.4 is 5.32 Å². The number of benzene rings is 1. The topological polar surface area (TPSA) is 29.1 Å². The number of hydrogen-bond donors (Lipinski definition) is 1. The Balaban J connectivity index is 1.88. The highest BCUT2D eigenvalue weighted by Gasteiger charge is 2.30. The minimum absolute atomic E-state index is 0.242. The van der Waals surface area contributed by atoms with E-state index in [1.165, 1.54) is 24.0 Å². The predicted molar refractivity (Wildman–Crippen MR) is 73.1 cm³/mol. The first-order valence-corrected chi connectivity index (χ1v) is 7.11. The molecule has 0 radical (unpaired) electrons. The van der Waals surface area contributed by atoms with Crippen molar-refractivity contribution in [2.75, 3.05) is 13.1 Å². The summed E-state index contributed by atoms with van der Waals surface area (Å²) in [4.78, 5) is 12.6. The smallest absolute Gasteiger partial charge is 0.166 e. The molecule has 1 heterocycles. The average Bonchev–Trinajstić information content (AvgIpc) is 3.23. The molecule has 1 saturated carbocycles. The van der Waals surface area contributed by atoms with E-state index in [9.17, 15) is 4.79 Å². The van der Waals surface area contributed by atoms with E-state index in [1.54, 1.807) is 0 Å². The van der Waals surface area contributed by atoms with E-state index < -0.39 is 0 Å². The molecule has 0 bridgehead atoms. The Bertz CT molecular complexity index is 456. The van der Waals surface area contributed by atoms with Crippen LogP contribution in [0, 0.1) is 12.8 Å². The normalized spacial score (nSPS) is 20.9. The van der Waals surface area contributed by atoms with Gasteiger partial charge in [-0.25, -0.2) is 0 Å². The lowest BCUT2D eigenvalue weighted by atomic mass is 9.86. The van der Waals surface area contributed by atoms with Crippen molar-refractivity contribution in [3.05, 3.63) is 34.9 Å². The lowest BCUT2D eigenvalue weighted by Gasteiger charge is -2.22. The second-order valence-corrected chi connectivity index (χ2v) is 5.75. The molecular formula is C16H21NO. The van der Waals surface area contributed by atoms with Gasteiger partial charge >= 0.3 is 0 Å². The molecular weight excluding hydrogens is 222 g/mol. The summed E-state index contributed by atoms with van der Waals surface area (Å²) in [5.74, 6) is 1.29. The predicted octanol–water partition coefficient (Wildman–Crippen LogP) is 3.05. The molecule has 2 heteroatoms. The van der Waals surface area contributed by atoms with Crippen molar-refractivity contribution in [1.82, 2.24) is 5.32 Å². The van der Waals surface area contributed by atoms with Gasteiger partial charge in [0, 0.05) is 11.5 Å². The summed E-state index contributed by atoms with van der Waals surface area (Å²) in [6, 6.07) is 6.37. The summed E-state index contributed by atoms with van der Waals surface area (Å²) >= 11 is 0. The van der Waals surface area contributed by atoms with Crippen LogP contribution in [0.25, 0.3) is 0 Å². The molecule has 2 nitrogen and oxygen atoms in total. The molecule has 0 spiro atoms. The Kier molecular flexibility index (Phi) is 3.21. The van der Waals surface area contributed by atoms with Gasteiger partial charge in [-0.2, -0.15) is 0 Å². The Morgan fingerprint density at radius 1 is 1.17 bits per heavy atom. The standard InChI is InChI=1S/C16H21NO/c1-11-2-5-14(15(10-11)12-3-4-12)16(18)13-6-8-17-9-7-13/h2,5,10,12-13,17H,3-4,6-9H2,1H3. The summed E-state index contributed by atoms with van der Waals surface area (Å²) in [6.45, 7) is 4.09. The number of hydrogen-bond acceptors (Lipinski definition) is 2. The highest BCUT2D eigenvalue weighted by molar-refractivity contribution is 5.99. The summed E-state index contributed by atoms with van der Waals surface area (Å²) in [5, 5.41) is 3.33. The van der Waals surface area contributed by atoms with Crippen LogP contribution in [-0.2, 0) is 0 Å². The number of rotatable bonds is 3. The van der Waals surface area contributed by atoms with E-state index >= 15 is 0 Å². The summed E-state index contributed by atoms with van der Waals surface area (Å²) in [5.41, 5.74) is 3.60. The molecule has 1 saturated heterocycles. The van der Waals surface area contributed by atoms with Gasteiger partial charge in [0.25, 0.3) is 0 Å². The molecule has 2 aliphatic rings. The van der Waals surface area contributed by atoms with Crippen LogP contribution in [0.4, 0.5) is 0 Å². The third-order valence-electron chi connectivity index (χ3n) is 4.20. The van der Waals surface area contributed by atoms with Gasteiger partial charge < -0.3 is 5.32 Å². The number of carbonyl (C=O) groups is 1. The van der Waals surface area contributed by atoms with E-state index in [4.69, 9.17) is 0 Å². The number of piperidine rings is 1. The zero-order valence-electron chi connectivity index (χ0n) is 11.0. The van der Waals surface area contributed by atoms with E-state index in [2.05, 4.69) is 30.4 Å². The van der Waals surface area contributed by atoms with E-state index in [-0.39, 0.29) is 5.92 Å². The van der Waals surface area contributed by atoms with Gasteiger partial charge in [0.2, 0.25) is 0 Å². The molecule has 96 valence electrons. The number of aryl methyl sites for hydroxylation is 1. The fourth-order valence-corrected chi connectivity index (χ4v) is 2.94. The fraction of sp³-hybridized carbons (Fsp3) is 0.562. The molecule has 1 N–H and O–H groups in total. The van der Waals surface area contributed by atoms with Gasteiger partial charge in [0.15, 0.2) is 5.78 Å². The van der Waals surface area contributed by atoms with Gasteiger partial charge in [-0.1, -0.05) is 23.8 Å². The van der Waals surface area contributed by atoms with Gasteiger partial charge in [-0.15, -0.1) is 0 Å². The van der Waals surface area contributed by atoms with Crippen LogP contribution in [0.15, 0.2) is 18.2 Å². The number of Topliss-reactive ketones (excluding diaryl/α,β-unsaturated/α-hetero) is 1.